The van der Waals surface area contributed by atoms with Crippen LogP contribution in [0.15, 0.2) is 30.3 Å². The van der Waals surface area contributed by atoms with E-state index < -0.39 is 5.60 Å². The molecule has 5 rings (SSSR count). The van der Waals surface area contributed by atoms with Gasteiger partial charge in [0.05, 0.1) is 0 Å². The average molecular weight is 435 g/mol. The zero-order valence-corrected chi connectivity index (χ0v) is 19.9. The second kappa shape index (κ2) is 7.91. The third kappa shape index (κ3) is 3.41. The molecule has 172 valence electrons. The monoisotopic (exact) mass is 434 g/mol. The number of carbonyl (C=O) groups is 1. The summed E-state index contributed by atoms with van der Waals surface area (Å²) in [5.41, 5.74) is 0.327. The molecule has 1 aromatic carbocycles. The SMILES string of the molecule is CC(=O)O[C@H]1CC[C@@]2(C)[C@@H](CC[C@H]3[C@H]2CC[C@]2(C)[C@@H]3CC[C@@]2(O)C#Cc2ccccc2)C1. The van der Waals surface area contributed by atoms with Crippen LogP contribution in [0.25, 0.3) is 0 Å². The van der Waals surface area contributed by atoms with E-state index in [-0.39, 0.29) is 17.5 Å². The standard InChI is InChI=1S/C29H38O3/c1-20(30)32-23-12-15-27(2)22(19-23)9-10-24-25(27)13-16-28(3)26(24)14-18-29(28,31)17-11-21-7-5-4-6-8-21/h4-8,22-26,31H,9-10,12-16,18-19H2,1-3H3/t22-,23-,24-,25+,26+,27-,28+,29-/m0/s1. The van der Waals surface area contributed by atoms with Crippen molar-refractivity contribution in [3.63, 3.8) is 0 Å². The number of rotatable bonds is 1. The molecule has 3 nitrogen and oxygen atoms in total. The summed E-state index contributed by atoms with van der Waals surface area (Å²) in [7, 11) is 0. The van der Waals surface area contributed by atoms with E-state index in [2.05, 4.69) is 25.7 Å². The molecule has 0 unspecified atom stereocenters. The molecular weight excluding hydrogens is 396 g/mol. The Labute approximate surface area is 193 Å². The molecule has 4 saturated carbocycles. The number of hydrogen-bond acceptors (Lipinski definition) is 3. The lowest BCUT2D eigenvalue weighted by Crippen LogP contribution is -2.56. The topological polar surface area (TPSA) is 46.5 Å². The van der Waals surface area contributed by atoms with Gasteiger partial charge in [0, 0.05) is 17.9 Å². The molecule has 4 aliphatic carbocycles. The Hall–Kier alpha value is -1.79. The molecule has 4 fully saturated rings. The minimum atomic E-state index is -0.886. The van der Waals surface area contributed by atoms with Gasteiger partial charge in [-0.1, -0.05) is 43.9 Å². The molecule has 0 bridgehead atoms. The lowest BCUT2D eigenvalue weighted by Gasteiger charge is -2.61. The Morgan fingerprint density at radius 3 is 2.50 bits per heavy atom. The largest absolute Gasteiger partial charge is 0.463 e. The maximum atomic E-state index is 11.8. The normalized spacial score (nSPS) is 44.9. The number of fused-ring (bicyclic) bond motifs is 5. The van der Waals surface area contributed by atoms with Crippen LogP contribution in [0.1, 0.15) is 84.1 Å². The van der Waals surface area contributed by atoms with Crippen LogP contribution in [-0.2, 0) is 9.53 Å². The van der Waals surface area contributed by atoms with Gasteiger partial charge in [-0.15, -0.1) is 0 Å². The number of benzene rings is 1. The van der Waals surface area contributed by atoms with Gasteiger partial charge in [-0.2, -0.15) is 0 Å². The molecule has 0 radical (unpaired) electrons. The van der Waals surface area contributed by atoms with Crippen LogP contribution < -0.4 is 0 Å². The summed E-state index contributed by atoms with van der Waals surface area (Å²) in [6, 6.07) is 10.1. The van der Waals surface area contributed by atoms with Crippen molar-refractivity contribution in [2.24, 2.45) is 34.5 Å². The second-order valence-electron chi connectivity index (χ2n) is 11.6. The quantitative estimate of drug-likeness (QED) is 0.453. The molecule has 0 aromatic heterocycles. The smallest absolute Gasteiger partial charge is 0.302 e. The maximum absolute atomic E-state index is 11.8. The highest BCUT2D eigenvalue weighted by atomic mass is 16.5. The first kappa shape index (κ1) is 22.0. The second-order valence-corrected chi connectivity index (χ2v) is 11.6. The predicted octanol–water partition coefficient (Wildman–Crippen LogP) is 5.74. The summed E-state index contributed by atoms with van der Waals surface area (Å²) >= 11 is 0. The fourth-order valence-corrected chi connectivity index (χ4v) is 8.48. The van der Waals surface area contributed by atoms with Crippen LogP contribution >= 0.6 is 0 Å². The zero-order chi connectivity index (χ0) is 22.6. The Kier molecular flexibility index (Phi) is 5.44. The summed E-state index contributed by atoms with van der Waals surface area (Å²) in [5.74, 6) is 9.13. The number of esters is 1. The third-order valence-corrected chi connectivity index (χ3v) is 10.3. The number of carbonyl (C=O) groups excluding carboxylic acids is 1. The molecule has 0 heterocycles. The lowest BCUT2D eigenvalue weighted by atomic mass is 9.44. The molecule has 0 spiro atoms. The molecule has 0 amide bonds. The van der Waals surface area contributed by atoms with Crippen molar-refractivity contribution in [2.45, 2.75) is 90.3 Å². The first-order valence-electron chi connectivity index (χ1n) is 12.7. The molecule has 1 aromatic rings. The maximum Gasteiger partial charge on any atom is 0.302 e. The summed E-state index contributed by atoms with van der Waals surface area (Å²) < 4.78 is 5.61. The first-order chi connectivity index (χ1) is 15.3. The van der Waals surface area contributed by atoms with Crippen molar-refractivity contribution >= 4 is 5.97 Å². The molecule has 3 heteroatoms. The van der Waals surface area contributed by atoms with E-state index in [1.54, 1.807) is 0 Å². The third-order valence-electron chi connectivity index (χ3n) is 10.3. The minimum Gasteiger partial charge on any atom is -0.463 e. The average Bonchev–Trinajstić information content (AvgIpc) is 3.04. The Bertz CT molecular complexity index is 929. The summed E-state index contributed by atoms with van der Waals surface area (Å²) in [5, 5.41) is 11.8. The van der Waals surface area contributed by atoms with Gasteiger partial charge in [0.2, 0.25) is 0 Å². The van der Waals surface area contributed by atoms with Gasteiger partial charge in [-0.05, 0) is 99.0 Å². The van der Waals surface area contributed by atoms with E-state index in [9.17, 15) is 9.90 Å². The van der Waals surface area contributed by atoms with E-state index in [1.165, 1.54) is 26.2 Å². The van der Waals surface area contributed by atoms with Gasteiger partial charge in [0.25, 0.3) is 0 Å². The first-order valence-corrected chi connectivity index (χ1v) is 12.7. The van der Waals surface area contributed by atoms with E-state index in [1.807, 2.05) is 30.3 Å². The zero-order valence-electron chi connectivity index (χ0n) is 19.9. The van der Waals surface area contributed by atoms with Crippen LogP contribution in [-0.4, -0.2) is 22.8 Å². The minimum absolute atomic E-state index is 0.112. The molecular formula is C29H38O3. The molecule has 8 atom stereocenters. The Morgan fingerprint density at radius 2 is 1.75 bits per heavy atom. The van der Waals surface area contributed by atoms with Crippen molar-refractivity contribution in [1.29, 1.82) is 0 Å². The van der Waals surface area contributed by atoms with Crippen LogP contribution in [0.4, 0.5) is 0 Å². The van der Waals surface area contributed by atoms with Gasteiger partial charge in [-0.25, -0.2) is 0 Å². The number of ether oxygens (including phenoxy) is 1. The van der Waals surface area contributed by atoms with Gasteiger partial charge < -0.3 is 9.84 Å². The lowest BCUT2D eigenvalue weighted by molar-refractivity contribution is -0.163. The summed E-state index contributed by atoms with van der Waals surface area (Å²) in [6.07, 6.45) is 9.94. The van der Waals surface area contributed by atoms with Gasteiger partial charge >= 0.3 is 5.97 Å². The van der Waals surface area contributed by atoms with Crippen LogP contribution in [0.2, 0.25) is 0 Å². The summed E-state index contributed by atoms with van der Waals surface area (Å²) in [6.45, 7) is 6.39. The number of aliphatic hydroxyl groups is 1. The van der Waals surface area contributed by atoms with Gasteiger partial charge in [-0.3, -0.25) is 4.79 Å². The Balaban J connectivity index is 1.36. The summed E-state index contributed by atoms with van der Waals surface area (Å²) in [4.78, 5) is 11.5. The number of hydrogen-bond donors (Lipinski definition) is 1. The van der Waals surface area contributed by atoms with E-state index in [0.29, 0.717) is 23.2 Å². The van der Waals surface area contributed by atoms with Gasteiger partial charge in [0.15, 0.2) is 0 Å². The van der Waals surface area contributed by atoms with E-state index in [0.717, 1.165) is 50.0 Å². The molecule has 0 saturated heterocycles. The van der Waals surface area contributed by atoms with Crippen LogP contribution in [0, 0.1) is 46.3 Å². The fourth-order valence-electron chi connectivity index (χ4n) is 8.48. The van der Waals surface area contributed by atoms with Crippen molar-refractivity contribution in [1.82, 2.24) is 0 Å². The Morgan fingerprint density at radius 1 is 1.00 bits per heavy atom. The van der Waals surface area contributed by atoms with Crippen molar-refractivity contribution in [3.05, 3.63) is 35.9 Å². The molecule has 1 N–H and O–H groups in total. The molecule has 0 aliphatic heterocycles. The van der Waals surface area contributed by atoms with E-state index in [4.69, 9.17) is 4.74 Å². The van der Waals surface area contributed by atoms with E-state index >= 15 is 0 Å². The van der Waals surface area contributed by atoms with Gasteiger partial charge in [0.1, 0.15) is 11.7 Å². The van der Waals surface area contributed by atoms with Crippen molar-refractivity contribution in [2.75, 3.05) is 0 Å². The molecule has 4 aliphatic rings. The van der Waals surface area contributed by atoms with Crippen LogP contribution in [0.3, 0.4) is 0 Å². The highest BCUT2D eigenvalue weighted by Gasteiger charge is 2.64. The fraction of sp³-hybridized carbons (Fsp3) is 0.690. The highest BCUT2D eigenvalue weighted by Crippen LogP contribution is 2.68. The molecule has 32 heavy (non-hydrogen) atoms. The van der Waals surface area contributed by atoms with Crippen molar-refractivity contribution in [3.8, 4) is 11.8 Å². The van der Waals surface area contributed by atoms with Crippen LogP contribution in [0.5, 0.6) is 0 Å². The predicted molar refractivity (Wildman–Crippen MR) is 126 cm³/mol. The highest BCUT2D eigenvalue weighted by molar-refractivity contribution is 5.66. The van der Waals surface area contributed by atoms with Crippen molar-refractivity contribution < 1.29 is 14.6 Å².